The molecule has 0 aliphatic carbocycles. The van der Waals surface area contributed by atoms with Gasteiger partial charge in [0.25, 0.3) is 5.91 Å². The Morgan fingerprint density at radius 1 is 1.03 bits per heavy atom. The smallest absolute Gasteiger partial charge is 0.326 e. The Bertz CT molecular complexity index is 960. The molecule has 0 spiro atoms. The van der Waals surface area contributed by atoms with Gasteiger partial charge in [-0.15, -0.1) is 5.10 Å². The Balaban J connectivity index is 1.76. The Hall–Kier alpha value is -3.48. The molecule has 1 fully saturated rings. The van der Waals surface area contributed by atoms with Gasteiger partial charge in [-0.1, -0.05) is 55.5 Å². The number of piperidine rings is 1. The summed E-state index contributed by atoms with van der Waals surface area (Å²) in [6.45, 7) is 2.39. The first-order valence-corrected chi connectivity index (χ1v) is 9.66. The Kier molecular flexibility index (Phi) is 5.12. The SMILES string of the molecule is CC1CCN(C(=O)c2nc(-c3ccccc3)n(-c3ccccc3)n2)C(C(=O)O)C1. The van der Waals surface area contributed by atoms with Crippen LogP contribution in [0.25, 0.3) is 17.1 Å². The van der Waals surface area contributed by atoms with Crippen molar-refractivity contribution in [2.75, 3.05) is 6.54 Å². The van der Waals surface area contributed by atoms with Gasteiger partial charge in [0.1, 0.15) is 6.04 Å². The molecule has 0 bridgehead atoms. The maximum absolute atomic E-state index is 13.2. The highest BCUT2D eigenvalue weighted by Crippen LogP contribution is 2.26. The summed E-state index contributed by atoms with van der Waals surface area (Å²) in [4.78, 5) is 30.8. The number of benzene rings is 2. The largest absolute Gasteiger partial charge is 0.480 e. The highest BCUT2D eigenvalue weighted by atomic mass is 16.4. The first-order valence-electron chi connectivity index (χ1n) is 9.66. The molecule has 7 heteroatoms. The summed E-state index contributed by atoms with van der Waals surface area (Å²) in [5, 5.41) is 14.1. The zero-order chi connectivity index (χ0) is 20.4. The number of likely N-dealkylation sites (tertiary alicyclic amines) is 1. The lowest BCUT2D eigenvalue weighted by Crippen LogP contribution is -2.50. The zero-order valence-corrected chi connectivity index (χ0v) is 16.1. The van der Waals surface area contributed by atoms with Crippen LogP contribution in [0, 0.1) is 5.92 Å². The van der Waals surface area contributed by atoms with E-state index < -0.39 is 17.9 Å². The molecule has 3 aromatic rings. The third kappa shape index (κ3) is 3.76. The first kappa shape index (κ1) is 18.9. The fourth-order valence-electron chi connectivity index (χ4n) is 3.67. The molecule has 0 radical (unpaired) electrons. The van der Waals surface area contributed by atoms with Crippen molar-refractivity contribution in [3.05, 3.63) is 66.5 Å². The molecule has 1 aromatic heterocycles. The van der Waals surface area contributed by atoms with Crippen molar-refractivity contribution in [2.24, 2.45) is 5.92 Å². The zero-order valence-electron chi connectivity index (χ0n) is 16.1. The summed E-state index contributed by atoms with van der Waals surface area (Å²) in [5.41, 5.74) is 1.60. The minimum atomic E-state index is -0.990. The Morgan fingerprint density at radius 2 is 1.69 bits per heavy atom. The van der Waals surface area contributed by atoms with Gasteiger partial charge >= 0.3 is 5.97 Å². The summed E-state index contributed by atoms with van der Waals surface area (Å²) in [5.74, 6) is -0.632. The summed E-state index contributed by atoms with van der Waals surface area (Å²) in [6, 6.07) is 18.1. The molecule has 1 amide bonds. The average molecular weight is 390 g/mol. The van der Waals surface area contributed by atoms with Crippen LogP contribution in [0.4, 0.5) is 0 Å². The van der Waals surface area contributed by atoms with Crippen LogP contribution in [-0.2, 0) is 4.79 Å². The molecule has 29 heavy (non-hydrogen) atoms. The maximum atomic E-state index is 13.2. The van der Waals surface area contributed by atoms with E-state index in [4.69, 9.17) is 0 Å². The highest BCUT2D eigenvalue weighted by Gasteiger charge is 2.37. The molecular formula is C22H22N4O3. The van der Waals surface area contributed by atoms with Crippen molar-refractivity contribution in [3.8, 4) is 17.1 Å². The van der Waals surface area contributed by atoms with Gasteiger partial charge in [-0.2, -0.15) is 0 Å². The fraction of sp³-hybridized carbons (Fsp3) is 0.273. The van der Waals surface area contributed by atoms with Gasteiger partial charge in [0.05, 0.1) is 5.69 Å². The number of aliphatic carboxylic acids is 1. The fourth-order valence-corrected chi connectivity index (χ4v) is 3.67. The summed E-state index contributed by atoms with van der Waals surface area (Å²) >= 11 is 0. The number of rotatable bonds is 4. The standard InChI is InChI=1S/C22H22N4O3/c1-15-12-13-25(18(14-15)22(28)29)21(27)19-23-20(16-8-4-2-5-9-16)26(24-19)17-10-6-3-7-11-17/h2-11,15,18H,12-14H2,1H3,(H,28,29). The molecule has 1 aliphatic rings. The minimum Gasteiger partial charge on any atom is -0.480 e. The van der Waals surface area contributed by atoms with Gasteiger partial charge in [-0.25, -0.2) is 14.5 Å². The van der Waals surface area contributed by atoms with E-state index in [1.54, 1.807) is 4.68 Å². The highest BCUT2D eigenvalue weighted by molar-refractivity contribution is 5.94. The molecule has 1 saturated heterocycles. The second-order valence-corrected chi connectivity index (χ2v) is 7.35. The van der Waals surface area contributed by atoms with Crippen LogP contribution in [0.2, 0.25) is 0 Å². The third-order valence-electron chi connectivity index (χ3n) is 5.24. The number of amides is 1. The van der Waals surface area contributed by atoms with Crippen LogP contribution in [-0.4, -0.2) is 49.2 Å². The van der Waals surface area contributed by atoms with Crippen molar-refractivity contribution in [1.82, 2.24) is 19.7 Å². The first-order chi connectivity index (χ1) is 14.0. The average Bonchev–Trinajstić information content (AvgIpc) is 3.20. The topological polar surface area (TPSA) is 88.3 Å². The number of hydrogen-bond acceptors (Lipinski definition) is 4. The third-order valence-corrected chi connectivity index (χ3v) is 5.24. The molecule has 2 atom stereocenters. The van der Waals surface area contributed by atoms with Crippen molar-refractivity contribution in [3.63, 3.8) is 0 Å². The number of carboxylic acids is 1. The number of hydrogen-bond donors (Lipinski definition) is 1. The molecule has 1 aliphatic heterocycles. The number of carbonyl (C=O) groups excluding carboxylic acids is 1. The number of para-hydroxylation sites is 1. The van der Waals surface area contributed by atoms with Crippen molar-refractivity contribution in [2.45, 2.75) is 25.8 Å². The van der Waals surface area contributed by atoms with Gasteiger partial charge in [0.2, 0.25) is 5.82 Å². The number of nitrogens with zero attached hydrogens (tertiary/aromatic N) is 4. The van der Waals surface area contributed by atoms with Gasteiger partial charge in [0, 0.05) is 12.1 Å². The van der Waals surface area contributed by atoms with Crippen LogP contribution in [0.3, 0.4) is 0 Å². The molecule has 2 unspecified atom stereocenters. The van der Waals surface area contributed by atoms with Gasteiger partial charge in [0.15, 0.2) is 5.82 Å². The molecule has 2 heterocycles. The number of carbonyl (C=O) groups is 2. The van der Waals surface area contributed by atoms with E-state index >= 15 is 0 Å². The molecule has 4 rings (SSSR count). The maximum Gasteiger partial charge on any atom is 0.326 e. The van der Waals surface area contributed by atoms with E-state index in [0.717, 1.165) is 17.7 Å². The molecule has 2 aromatic carbocycles. The minimum absolute atomic E-state index is 0.00788. The van der Waals surface area contributed by atoms with Crippen LogP contribution in [0.15, 0.2) is 60.7 Å². The van der Waals surface area contributed by atoms with Gasteiger partial charge < -0.3 is 10.0 Å². The van der Waals surface area contributed by atoms with Gasteiger partial charge in [-0.3, -0.25) is 4.79 Å². The van der Waals surface area contributed by atoms with Crippen molar-refractivity contribution < 1.29 is 14.7 Å². The molecule has 7 nitrogen and oxygen atoms in total. The lowest BCUT2D eigenvalue weighted by Gasteiger charge is -2.35. The molecule has 148 valence electrons. The predicted molar refractivity (Wildman–Crippen MR) is 108 cm³/mol. The predicted octanol–water partition coefficient (Wildman–Crippen LogP) is 3.26. The van der Waals surface area contributed by atoms with Crippen LogP contribution in [0.1, 0.15) is 30.4 Å². The Labute approximate surface area is 168 Å². The van der Waals surface area contributed by atoms with E-state index in [9.17, 15) is 14.7 Å². The normalized spacial score (nSPS) is 19.1. The van der Waals surface area contributed by atoms with Crippen LogP contribution >= 0.6 is 0 Å². The molecule has 1 N–H and O–H groups in total. The van der Waals surface area contributed by atoms with E-state index in [-0.39, 0.29) is 11.7 Å². The van der Waals surface area contributed by atoms with E-state index in [2.05, 4.69) is 10.1 Å². The number of carboxylic acid groups (broad SMARTS) is 1. The van der Waals surface area contributed by atoms with Gasteiger partial charge in [-0.05, 0) is 30.9 Å². The summed E-state index contributed by atoms with van der Waals surface area (Å²) in [7, 11) is 0. The van der Waals surface area contributed by atoms with E-state index in [1.807, 2.05) is 67.6 Å². The lowest BCUT2D eigenvalue weighted by molar-refractivity contribution is -0.144. The second-order valence-electron chi connectivity index (χ2n) is 7.35. The number of aromatic nitrogens is 3. The summed E-state index contributed by atoms with van der Waals surface area (Å²) < 4.78 is 1.63. The Morgan fingerprint density at radius 3 is 2.34 bits per heavy atom. The van der Waals surface area contributed by atoms with Crippen molar-refractivity contribution >= 4 is 11.9 Å². The second kappa shape index (κ2) is 7.87. The molecular weight excluding hydrogens is 368 g/mol. The van der Waals surface area contributed by atoms with Crippen LogP contribution < -0.4 is 0 Å². The quantitative estimate of drug-likeness (QED) is 0.739. The molecule has 0 saturated carbocycles. The summed E-state index contributed by atoms with van der Waals surface area (Å²) in [6.07, 6.45) is 1.20. The lowest BCUT2D eigenvalue weighted by atomic mass is 9.92. The van der Waals surface area contributed by atoms with Crippen LogP contribution in [0.5, 0.6) is 0 Å². The monoisotopic (exact) mass is 390 g/mol. The van der Waals surface area contributed by atoms with Crippen molar-refractivity contribution in [1.29, 1.82) is 0 Å². The van der Waals surface area contributed by atoms with E-state index in [0.29, 0.717) is 18.8 Å². The van der Waals surface area contributed by atoms with E-state index in [1.165, 1.54) is 4.90 Å².